The van der Waals surface area contributed by atoms with Crippen LogP contribution in [0.5, 0.6) is 0 Å². The summed E-state index contributed by atoms with van der Waals surface area (Å²) in [6.07, 6.45) is 2.02. The smallest absolute Gasteiger partial charge is 0.464 e. The highest BCUT2D eigenvalue weighted by molar-refractivity contribution is 6.43. The van der Waals surface area contributed by atoms with Crippen LogP contribution in [0, 0.1) is 0 Å². The van der Waals surface area contributed by atoms with Gasteiger partial charge in [0.2, 0.25) is 5.91 Å². The van der Waals surface area contributed by atoms with Gasteiger partial charge in [0.25, 0.3) is 0 Å². The first-order valence-electron chi connectivity index (χ1n) is 8.89. The molecule has 0 radical (unpaired) electrons. The Kier molecular flexibility index (Phi) is 4.98. The Balaban J connectivity index is 1.44. The van der Waals surface area contributed by atoms with Crippen molar-refractivity contribution in [1.29, 1.82) is 0 Å². The largest absolute Gasteiger partial charge is 0.475 e. The summed E-state index contributed by atoms with van der Waals surface area (Å²) in [6, 6.07) is 13.4. The predicted octanol–water partition coefficient (Wildman–Crippen LogP) is 1.75. The fraction of sp³-hybridized carbons (Fsp3) is 0.250. The van der Waals surface area contributed by atoms with Gasteiger partial charge in [-0.15, -0.1) is 0 Å². The zero-order chi connectivity index (χ0) is 18.8. The fourth-order valence-electron chi connectivity index (χ4n) is 3.44. The molecule has 1 amide bonds. The van der Waals surface area contributed by atoms with Crippen molar-refractivity contribution in [2.75, 3.05) is 0 Å². The molecule has 0 saturated heterocycles. The number of ether oxygens (including phenoxy) is 1. The van der Waals surface area contributed by atoms with Crippen LogP contribution in [0.3, 0.4) is 0 Å². The monoisotopic (exact) mass is 365 g/mol. The van der Waals surface area contributed by atoms with E-state index in [1.54, 1.807) is 6.26 Å². The van der Waals surface area contributed by atoms with Gasteiger partial charge < -0.3 is 24.5 Å². The first-order valence-corrected chi connectivity index (χ1v) is 8.89. The van der Waals surface area contributed by atoms with Crippen molar-refractivity contribution >= 4 is 24.0 Å². The molecule has 1 unspecified atom stereocenters. The maximum absolute atomic E-state index is 12.4. The second-order valence-corrected chi connectivity index (χ2v) is 6.82. The van der Waals surface area contributed by atoms with Gasteiger partial charge in [-0.2, -0.15) is 0 Å². The third kappa shape index (κ3) is 3.90. The number of hydrogen-bond acceptors (Lipinski definition) is 5. The molecular weight excluding hydrogens is 345 g/mol. The summed E-state index contributed by atoms with van der Waals surface area (Å²) in [5, 5.41) is 23.1. The molecule has 0 bridgehead atoms. The highest BCUT2D eigenvalue weighted by Crippen LogP contribution is 2.23. The van der Waals surface area contributed by atoms with E-state index < -0.39 is 13.1 Å². The molecule has 7 heteroatoms. The summed E-state index contributed by atoms with van der Waals surface area (Å²) in [7, 11) is -1.67. The van der Waals surface area contributed by atoms with Gasteiger partial charge >= 0.3 is 7.12 Å². The predicted molar refractivity (Wildman–Crippen MR) is 101 cm³/mol. The van der Waals surface area contributed by atoms with Crippen molar-refractivity contribution in [3.63, 3.8) is 0 Å². The number of amides is 1. The van der Waals surface area contributed by atoms with Crippen LogP contribution in [-0.4, -0.2) is 29.0 Å². The van der Waals surface area contributed by atoms with Crippen molar-refractivity contribution in [1.82, 2.24) is 5.32 Å². The number of nitrogens with one attached hydrogen (secondary N) is 1. The van der Waals surface area contributed by atoms with Crippen LogP contribution in [0.4, 0.5) is 0 Å². The Morgan fingerprint density at radius 2 is 1.96 bits per heavy atom. The SMILES string of the molecule is O=C(Cc1ccc2c(c1)COC2)NC(Cc1coc2ccccc12)B(O)O. The van der Waals surface area contributed by atoms with Gasteiger partial charge in [-0.3, -0.25) is 4.79 Å². The molecule has 2 heterocycles. The van der Waals surface area contributed by atoms with Gasteiger partial charge in [0, 0.05) is 5.39 Å². The highest BCUT2D eigenvalue weighted by atomic mass is 16.5. The molecule has 2 aromatic carbocycles. The van der Waals surface area contributed by atoms with Crippen molar-refractivity contribution in [2.45, 2.75) is 32.0 Å². The Bertz CT molecular complexity index is 968. The number of rotatable bonds is 6. The summed E-state index contributed by atoms with van der Waals surface area (Å²) in [6.45, 7) is 1.18. The average Bonchev–Trinajstić information content (AvgIpc) is 3.27. The molecule has 1 aliphatic rings. The van der Waals surface area contributed by atoms with Gasteiger partial charge in [0.15, 0.2) is 0 Å². The molecular formula is C20H20BNO5. The molecule has 0 aliphatic carbocycles. The van der Waals surface area contributed by atoms with Crippen LogP contribution in [0.15, 0.2) is 53.1 Å². The van der Waals surface area contributed by atoms with E-state index in [-0.39, 0.29) is 18.7 Å². The Hall–Kier alpha value is -2.61. The summed E-state index contributed by atoms with van der Waals surface area (Å²) in [4.78, 5) is 12.4. The first kappa shape index (κ1) is 17.8. The minimum absolute atomic E-state index is 0.169. The summed E-state index contributed by atoms with van der Waals surface area (Å²) in [5.74, 6) is -1.09. The van der Waals surface area contributed by atoms with Gasteiger partial charge in [-0.1, -0.05) is 36.4 Å². The van der Waals surface area contributed by atoms with E-state index in [1.165, 1.54) is 0 Å². The van der Waals surface area contributed by atoms with Gasteiger partial charge in [0.1, 0.15) is 5.58 Å². The maximum Gasteiger partial charge on any atom is 0.475 e. The lowest BCUT2D eigenvalue weighted by molar-refractivity contribution is -0.120. The van der Waals surface area contributed by atoms with Crippen LogP contribution >= 0.6 is 0 Å². The van der Waals surface area contributed by atoms with E-state index >= 15 is 0 Å². The second kappa shape index (κ2) is 7.56. The minimum atomic E-state index is -1.67. The van der Waals surface area contributed by atoms with Gasteiger partial charge in [-0.05, 0) is 34.7 Å². The van der Waals surface area contributed by atoms with Crippen LogP contribution in [0.25, 0.3) is 11.0 Å². The standard InChI is InChI=1S/C20H20BNO5/c23-20(8-13-5-6-14-10-26-11-15(14)7-13)22-19(21(24)25)9-16-12-27-18-4-2-1-3-17(16)18/h1-7,12,19,24-25H,8-11H2,(H,22,23). The zero-order valence-corrected chi connectivity index (χ0v) is 14.7. The quantitative estimate of drug-likeness (QED) is 0.579. The van der Waals surface area contributed by atoms with E-state index in [9.17, 15) is 14.8 Å². The molecule has 0 spiro atoms. The number of carbonyl (C=O) groups excluding carboxylic acids is 1. The van der Waals surface area contributed by atoms with Crippen molar-refractivity contribution in [2.24, 2.45) is 0 Å². The fourth-order valence-corrected chi connectivity index (χ4v) is 3.44. The average molecular weight is 365 g/mol. The van der Waals surface area contributed by atoms with Crippen molar-refractivity contribution < 1.29 is 24.0 Å². The normalized spacial score (nSPS) is 14.1. The molecule has 3 N–H and O–H groups in total. The first-order chi connectivity index (χ1) is 13.1. The third-order valence-electron chi connectivity index (χ3n) is 4.86. The number of fused-ring (bicyclic) bond motifs is 2. The Morgan fingerprint density at radius 3 is 2.81 bits per heavy atom. The topological polar surface area (TPSA) is 91.9 Å². The zero-order valence-electron chi connectivity index (χ0n) is 14.7. The van der Waals surface area contributed by atoms with E-state index in [1.807, 2.05) is 42.5 Å². The lowest BCUT2D eigenvalue weighted by Crippen LogP contribution is -2.48. The van der Waals surface area contributed by atoms with Crippen molar-refractivity contribution in [3.8, 4) is 0 Å². The maximum atomic E-state index is 12.4. The molecule has 138 valence electrons. The number of carbonyl (C=O) groups is 1. The van der Waals surface area contributed by atoms with E-state index in [0.717, 1.165) is 33.2 Å². The Labute approximate surface area is 156 Å². The molecule has 1 atom stereocenters. The number of hydrogen-bond donors (Lipinski definition) is 3. The number of furan rings is 1. The molecule has 6 nitrogen and oxygen atoms in total. The number of para-hydroxylation sites is 1. The summed E-state index contributed by atoms with van der Waals surface area (Å²) in [5.41, 5.74) is 4.67. The lowest BCUT2D eigenvalue weighted by atomic mass is 9.75. The third-order valence-corrected chi connectivity index (χ3v) is 4.86. The van der Waals surface area contributed by atoms with Crippen LogP contribution < -0.4 is 5.32 Å². The molecule has 1 aliphatic heterocycles. The van der Waals surface area contributed by atoms with Gasteiger partial charge in [0.05, 0.1) is 31.8 Å². The lowest BCUT2D eigenvalue weighted by Gasteiger charge is -2.17. The van der Waals surface area contributed by atoms with Crippen LogP contribution in [-0.2, 0) is 35.6 Å². The van der Waals surface area contributed by atoms with Gasteiger partial charge in [-0.25, -0.2) is 0 Å². The molecule has 0 saturated carbocycles. The molecule has 27 heavy (non-hydrogen) atoms. The van der Waals surface area contributed by atoms with Crippen LogP contribution in [0.2, 0.25) is 0 Å². The molecule has 4 rings (SSSR count). The van der Waals surface area contributed by atoms with Crippen LogP contribution in [0.1, 0.15) is 22.3 Å². The minimum Gasteiger partial charge on any atom is -0.464 e. The Morgan fingerprint density at radius 1 is 1.15 bits per heavy atom. The second-order valence-electron chi connectivity index (χ2n) is 6.82. The number of benzene rings is 2. The molecule has 1 aromatic heterocycles. The highest BCUT2D eigenvalue weighted by Gasteiger charge is 2.27. The molecule has 0 fully saturated rings. The van der Waals surface area contributed by atoms with E-state index in [0.29, 0.717) is 13.2 Å². The summed E-state index contributed by atoms with van der Waals surface area (Å²) >= 11 is 0. The van der Waals surface area contributed by atoms with E-state index in [4.69, 9.17) is 9.15 Å². The van der Waals surface area contributed by atoms with Crippen molar-refractivity contribution in [3.05, 3.63) is 71.0 Å². The molecule has 3 aromatic rings. The summed E-state index contributed by atoms with van der Waals surface area (Å²) < 4.78 is 10.9. The van der Waals surface area contributed by atoms with E-state index in [2.05, 4.69) is 5.32 Å².